The molecule has 1 rings (SSSR count). The van der Waals surface area contributed by atoms with Gasteiger partial charge < -0.3 is 10.0 Å². The van der Waals surface area contributed by atoms with Crippen LogP contribution in [-0.4, -0.2) is 53.5 Å². The van der Waals surface area contributed by atoms with Crippen molar-refractivity contribution < 1.29 is 14.7 Å². The number of carboxylic acids is 1. The summed E-state index contributed by atoms with van der Waals surface area (Å²) in [6.45, 7) is 5.14. The van der Waals surface area contributed by atoms with Crippen molar-refractivity contribution in [1.82, 2.24) is 9.80 Å². The maximum atomic E-state index is 12.6. The average molecular weight is 278 g/mol. The van der Waals surface area contributed by atoms with Crippen molar-refractivity contribution in [2.24, 2.45) is 0 Å². The zero-order valence-corrected chi connectivity index (χ0v) is 12.2. The molecule has 5 heteroatoms. The number of likely N-dealkylation sites (N-methyl/N-ethyl adjacent to an activating group) is 2. The summed E-state index contributed by atoms with van der Waals surface area (Å²) in [5.41, 5.74) is 0.887. The number of hydrogen-bond acceptors (Lipinski definition) is 3. The fourth-order valence-electron chi connectivity index (χ4n) is 2.22. The first-order chi connectivity index (χ1) is 9.51. The van der Waals surface area contributed by atoms with Crippen LogP contribution >= 0.6 is 0 Å². The van der Waals surface area contributed by atoms with Crippen molar-refractivity contribution in [2.45, 2.75) is 19.9 Å². The molecule has 20 heavy (non-hydrogen) atoms. The molecule has 1 atom stereocenters. The van der Waals surface area contributed by atoms with Gasteiger partial charge in [-0.05, 0) is 18.7 Å². The van der Waals surface area contributed by atoms with Gasteiger partial charge in [-0.1, -0.05) is 44.2 Å². The average Bonchev–Trinajstić information content (AvgIpc) is 2.44. The Morgan fingerprint density at radius 1 is 1.15 bits per heavy atom. The molecular formula is C15H22N2O3. The molecule has 0 fully saturated rings. The van der Waals surface area contributed by atoms with Crippen LogP contribution in [0.1, 0.15) is 25.5 Å². The summed E-state index contributed by atoms with van der Waals surface area (Å²) >= 11 is 0. The zero-order chi connectivity index (χ0) is 15.1. The van der Waals surface area contributed by atoms with E-state index >= 15 is 0 Å². The number of amides is 1. The molecular weight excluding hydrogens is 256 g/mol. The van der Waals surface area contributed by atoms with Gasteiger partial charge in [0, 0.05) is 7.05 Å². The van der Waals surface area contributed by atoms with Crippen molar-refractivity contribution in [2.75, 3.05) is 26.7 Å². The lowest BCUT2D eigenvalue weighted by molar-refractivity contribution is -0.146. The van der Waals surface area contributed by atoms with Crippen LogP contribution in [0.3, 0.4) is 0 Å². The maximum Gasteiger partial charge on any atom is 0.323 e. The van der Waals surface area contributed by atoms with Crippen LogP contribution in [0.2, 0.25) is 0 Å². The summed E-state index contributed by atoms with van der Waals surface area (Å²) in [7, 11) is 1.52. The Hall–Kier alpha value is -1.88. The van der Waals surface area contributed by atoms with Crippen molar-refractivity contribution in [3.8, 4) is 0 Å². The molecule has 0 aliphatic carbocycles. The standard InChI is InChI=1S/C15H22N2O3/c1-4-17(5-2)14(12-9-7-6-8-10-12)15(20)16(3)11-13(18)19/h6-10,14H,4-5,11H2,1-3H3,(H,18,19). The molecule has 1 N–H and O–H groups in total. The molecule has 0 saturated heterocycles. The maximum absolute atomic E-state index is 12.6. The highest BCUT2D eigenvalue weighted by Crippen LogP contribution is 2.22. The molecule has 5 nitrogen and oxygen atoms in total. The molecule has 0 aliphatic heterocycles. The molecule has 0 aliphatic rings. The Morgan fingerprint density at radius 3 is 2.15 bits per heavy atom. The van der Waals surface area contributed by atoms with E-state index in [9.17, 15) is 9.59 Å². The van der Waals surface area contributed by atoms with E-state index in [4.69, 9.17) is 5.11 Å². The number of hydrogen-bond donors (Lipinski definition) is 1. The van der Waals surface area contributed by atoms with Crippen molar-refractivity contribution in [1.29, 1.82) is 0 Å². The van der Waals surface area contributed by atoms with Gasteiger partial charge in [0.25, 0.3) is 0 Å². The molecule has 110 valence electrons. The fourth-order valence-corrected chi connectivity index (χ4v) is 2.22. The summed E-state index contributed by atoms with van der Waals surface area (Å²) in [4.78, 5) is 26.6. The molecule has 1 aromatic rings. The molecule has 0 saturated carbocycles. The van der Waals surface area contributed by atoms with Crippen LogP contribution in [0.5, 0.6) is 0 Å². The minimum Gasteiger partial charge on any atom is -0.480 e. The van der Waals surface area contributed by atoms with Crippen LogP contribution in [0.25, 0.3) is 0 Å². The Balaban J connectivity index is 3.05. The van der Waals surface area contributed by atoms with Crippen LogP contribution in [0.4, 0.5) is 0 Å². The zero-order valence-electron chi connectivity index (χ0n) is 12.2. The van der Waals surface area contributed by atoms with Crippen LogP contribution in [0, 0.1) is 0 Å². The quantitative estimate of drug-likeness (QED) is 0.823. The van der Waals surface area contributed by atoms with Crippen LogP contribution in [0.15, 0.2) is 30.3 Å². The van der Waals surface area contributed by atoms with Gasteiger partial charge in [0.15, 0.2) is 0 Å². The summed E-state index contributed by atoms with van der Waals surface area (Å²) in [6.07, 6.45) is 0. The number of carbonyl (C=O) groups is 2. The van der Waals surface area contributed by atoms with E-state index in [1.165, 1.54) is 11.9 Å². The van der Waals surface area contributed by atoms with Gasteiger partial charge in [-0.25, -0.2) is 0 Å². The molecule has 0 spiro atoms. The van der Waals surface area contributed by atoms with Crippen molar-refractivity contribution >= 4 is 11.9 Å². The van der Waals surface area contributed by atoms with E-state index in [1.807, 2.05) is 49.1 Å². The molecule has 1 unspecified atom stereocenters. The minimum atomic E-state index is -1.01. The Morgan fingerprint density at radius 2 is 1.70 bits per heavy atom. The lowest BCUT2D eigenvalue weighted by atomic mass is 10.0. The largest absolute Gasteiger partial charge is 0.480 e. The Kier molecular flexibility index (Phi) is 6.18. The number of carbonyl (C=O) groups excluding carboxylic acids is 1. The molecule has 0 heterocycles. The second kappa shape index (κ2) is 7.65. The monoisotopic (exact) mass is 278 g/mol. The van der Waals surface area contributed by atoms with Gasteiger partial charge in [-0.2, -0.15) is 0 Å². The molecule has 1 amide bonds. The number of aliphatic carboxylic acids is 1. The van der Waals surface area contributed by atoms with Gasteiger partial charge in [-0.3, -0.25) is 14.5 Å². The lowest BCUT2D eigenvalue weighted by Crippen LogP contribution is -2.43. The summed E-state index contributed by atoms with van der Waals surface area (Å²) in [6, 6.07) is 9.03. The summed E-state index contributed by atoms with van der Waals surface area (Å²) in [5, 5.41) is 8.83. The minimum absolute atomic E-state index is 0.192. The highest BCUT2D eigenvalue weighted by Gasteiger charge is 2.28. The SMILES string of the molecule is CCN(CC)C(C(=O)N(C)CC(=O)O)c1ccccc1. The van der Waals surface area contributed by atoms with E-state index in [2.05, 4.69) is 0 Å². The van der Waals surface area contributed by atoms with E-state index in [0.717, 1.165) is 18.7 Å². The van der Waals surface area contributed by atoms with E-state index in [1.54, 1.807) is 0 Å². The lowest BCUT2D eigenvalue weighted by Gasteiger charge is -2.31. The van der Waals surface area contributed by atoms with E-state index < -0.39 is 12.0 Å². The molecule has 0 radical (unpaired) electrons. The van der Waals surface area contributed by atoms with Crippen molar-refractivity contribution in [3.05, 3.63) is 35.9 Å². The van der Waals surface area contributed by atoms with Crippen LogP contribution < -0.4 is 0 Å². The van der Waals surface area contributed by atoms with Gasteiger partial charge in [0.1, 0.15) is 12.6 Å². The smallest absolute Gasteiger partial charge is 0.323 e. The summed E-state index contributed by atoms with van der Waals surface area (Å²) < 4.78 is 0. The number of rotatable bonds is 7. The van der Waals surface area contributed by atoms with E-state index in [0.29, 0.717) is 0 Å². The molecule has 0 aromatic heterocycles. The first-order valence-electron chi connectivity index (χ1n) is 6.77. The third-order valence-electron chi connectivity index (χ3n) is 3.28. The first kappa shape index (κ1) is 16.2. The third kappa shape index (κ3) is 4.06. The van der Waals surface area contributed by atoms with Gasteiger partial charge in [0.2, 0.25) is 5.91 Å². The number of benzene rings is 1. The van der Waals surface area contributed by atoms with Gasteiger partial charge >= 0.3 is 5.97 Å². The second-order valence-electron chi connectivity index (χ2n) is 4.62. The van der Waals surface area contributed by atoms with Gasteiger partial charge in [0.05, 0.1) is 0 Å². The highest BCUT2D eigenvalue weighted by atomic mass is 16.4. The topological polar surface area (TPSA) is 60.9 Å². The van der Waals surface area contributed by atoms with Crippen molar-refractivity contribution in [3.63, 3.8) is 0 Å². The van der Waals surface area contributed by atoms with E-state index in [-0.39, 0.29) is 12.5 Å². The summed E-state index contributed by atoms with van der Waals surface area (Å²) in [5.74, 6) is -1.20. The fraction of sp³-hybridized carbons (Fsp3) is 0.467. The number of carboxylic acid groups (broad SMARTS) is 1. The second-order valence-corrected chi connectivity index (χ2v) is 4.62. The van der Waals surface area contributed by atoms with Crippen LogP contribution in [-0.2, 0) is 9.59 Å². The number of nitrogens with zero attached hydrogens (tertiary/aromatic N) is 2. The Bertz CT molecular complexity index is 444. The molecule has 1 aromatic carbocycles. The first-order valence-corrected chi connectivity index (χ1v) is 6.77. The van der Waals surface area contributed by atoms with Gasteiger partial charge in [-0.15, -0.1) is 0 Å². The predicted octanol–water partition coefficient (Wildman–Crippen LogP) is 1.61. The molecule has 0 bridgehead atoms. The third-order valence-corrected chi connectivity index (χ3v) is 3.28. The Labute approximate surface area is 119 Å². The predicted molar refractivity (Wildman–Crippen MR) is 77.4 cm³/mol. The highest BCUT2D eigenvalue weighted by molar-refractivity contribution is 5.86. The normalized spacial score (nSPS) is 12.2.